The molecule has 35 heavy (non-hydrogen) atoms. The number of carbonyl (C=O) groups is 1. The van der Waals surface area contributed by atoms with Crippen molar-refractivity contribution < 1.29 is 22.4 Å². The lowest BCUT2D eigenvalue weighted by Crippen LogP contribution is -2.38. The van der Waals surface area contributed by atoms with Crippen LogP contribution in [0.5, 0.6) is 0 Å². The molecular weight excluding hydrogens is 460 g/mol. The number of anilines is 1. The van der Waals surface area contributed by atoms with Crippen LogP contribution in [0.1, 0.15) is 53.8 Å². The lowest BCUT2D eigenvalue weighted by Gasteiger charge is -2.35. The molecule has 186 valence electrons. The molecule has 0 saturated heterocycles. The van der Waals surface area contributed by atoms with Gasteiger partial charge >= 0.3 is 6.18 Å². The molecule has 2 aromatic heterocycles. The van der Waals surface area contributed by atoms with Crippen LogP contribution >= 0.6 is 0 Å². The van der Waals surface area contributed by atoms with Gasteiger partial charge in [0.2, 0.25) is 0 Å². The Bertz CT molecular complexity index is 1130. The van der Waals surface area contributed by atoms with Crippen molar-refractivity contribution in [2.45, 2.75) is 44.3 Å². The average Bonchev–Trinajstić information content (AvgIpc) is 2.82. The number of alkyl halides is 4. The average molecular weight is 489 g/mol. The first-order valence-electron chi connectivity index (χ1n) is 11.2. The fourth-order valence-electron chi connectivity index (χ4n) is 4.30. The molecule has 1 saturated carbocycles. The SMILES string of the molecule is C=C(/C=C(C)\C=C/CF)c1cccc(C(=O)Nc2cnccc2[C@H]2C[C@@H](N)C[C@@H](C(F)(F)F)C2)n1. The van der Waals surface area contributed by atoms with E-state index in [1.54, 1.807) is 37.3 Å². The Balaban J connectivity index is 1.80. The Labute approximate surface area is 201 Å². The number of carbonyl (C=O) groups excluding carboxylic acids is 1. The molecule has 3 rings (SSSR count). The number of nitrogens with zero attached hydrogens (tertiary/aromatic N) is 2. The van der Waals surface area contributed by atoms with Crippen molar-refractivity contribution in [3.8, 4) is 0 Å². The highest BCUT2D eigenvalue weighted by Gasteiger charge is 2.44. The van der Waals surface area contributed by atoms with E-state index in [-0.39, 0.29) is 18.5 Å². The van der Waals surface area contributed by atoms with E-state index in [4.69, 9.17) is 5.73 Å². The van der Waals surface area contributed by atoms with E-state index in [2.05, 4.69) is 21.9 Å². The fourth-order valence-corrected chi connectivity index (χ4v) is 4.30. The number of nitrogens with two attached hydrogens (primary N) is 1. The number of rotatable bonds is 7. The van der Waals surface area contributed by atoms with Gasteiger partial charge in [0.05, 0.1) is 23.5 Å². The molecule has 5 nitrogen and oxygen atoms in total. The molecule has 0 spiro atoms. The highest BCUT2D eigenvalue weighted by molar-refractivity contribution is 6.03. The first-order chi connectivity index (χ1) is 16.6. The zero-order chi connectivity index (χ0) is 25.6. The number of hydrogen-bond acceptors (Lipinski definition) is 4. The Kier molecular flexibility index (Phi) is 8.56. The maximum absolute atomic E-state index is 13.4. The Morgan fingerprint density at radius 1 is 1.23 bits per heavy atom. The van der Waals surface area contributed by atoms with Gasteiger partial charge in [0.1, 0.15) is 12.4 Å². The first kappa shape index (κ1) is 26.3. The second-order valence-electron chi connectivity index (χ2n) is 8.70. The molecule has 1 fully saturated rings. The van der Waals surface area contributed by atoms with Crippen LogP contribution in [0.3, 0.4) is 0 Å². The van der Waals surface area contributed by atoms with E-state index >= 15 is 0 Å². The standard InChI is InChI=1S/C26H28F4N4O/c1-16(5-4-9-27)11-17(2)22-6-3-7-23(33-22)25(35)34-24-15-32-10-8-21(24)18-12-19(26(28,29)30)14-20(31)13-18/h3-8,10-11,15,18-20H,2,9,12-14,31H2,1H3,(H,34,35)/b5-4-,16-11-/t18-,19+,20-/m1/s1. The summed E-state index contributed by atoms with van der Waals surface area (Å²) in [4.78, 5) is 21.4. The lowest BCUT2D eigenvalue weighted by molar-refractivity contribution is -0.184. The number of hydrogen-bond donors (Lipinski definition) is 2. The number of halogens is 4. The van der Waals surface area contributed by atoms with E-state index in [9.17, 15) is 22.4 Å². The van der Waals surface area contributed by atoms with Gasteiger partial charge in [0.15, 0.2) is 0 Å². The minimum absolute atomic E-state index is 0.0970. The van der Waals surface area contributed by atoms with Gasteiger partial charge in [-0.25, -0.2) is 9.37 Å². The van der Waals surface area contributed by atoms with Gasteiger partial charge < -0.3 is 11.1 Å². The normalized spacial score (nSPS) is 21.2. The van der Waals surface area contributed by atoms with Crippen molar-refractivity contribution in [2.75, 3.05) is 12.0 Å². The number of pyridine rings is 2. The molecule has 3 N–H and O–H groups in total. The van der Waals surface area contributed by atoms with Gasteiger partial charge in [-0.1, -0.05) is 36.4 Å². The lowest BCUT2D eigenvalue weighted by atomic mass is 9.75. The van der Waals surface area contributed by atoms with E-state index in [1.807, 2.05) is 0 Å². The monoisotopic (exact) mass is 488 g/mol. The van der Waals surface area contributed by atoms with Crippen molar-refractivity contribution in [3.63, 3.8) is 0 Å². The summed E-state index contributed by atoms with van der Waals surface area (Å²) in [6, 6.07) is 5.91. The Hall–Kier alpha value is -3.33. The molecular formula is C26H28F4N4O. The minimum Gasteiger partial charge on any atom is -0.328 e. The van der Waals surface area contributed by atoms with Crippen molar-refractivity contribution in [2.24, 2.45) is 11.7 Å². The van der Waals surface area contributed by atoms with E-state index in [1.165, 1.54) is 24.5 Å². The summed E-state index contributed by atoms with van der Waals surface area (Å²) in [5.41, 5.74) is 8.72. The Morgan fingerprint density at radius 2 is 1.97 bits per heavy atom. The topological polar surface area (TPSA) is 80.9 Å². The third kappa shape index (κ3) is 7.08. The molecule has 0 bridgehead atoms. The van der Waals surface area contributed by atoms with Gasteiger partial charge in [0, 0.05) is 12.2 Å². The van der Waals surface area contributed by atoms with E-state index < -0.39 is 36.6 Å². The molecule has 3 atom stereocenters. The summed E-state index contributed by atoms with van der Waals surface area (Å²) in [6.45, 7) is 5.17. The van der Waals surface area contributed by atoms with Crippen molar-refractivity contribution in [1.29, 1.82) is 0 Å². The van der Waals surface area contributed by atoms with Crippen LogP contribution in [0.2, 0.25) is 0 Å². The van der Waals surface area contributed by atoms with Crippen LogP contribution in [0.15, 0.2) is 67.0 Å². The maximum atomic E-state index is 13.4. The largest absolute Gasteiger partial charge is 0.391 e. The second kappa shape index (κ2) is 11.4. The predicted octanol–water partition coefficient (Wildman–Crippen LogP) is 5.99. The van der Waals surface area contributed by atoms with Gasteiger partial charge in [-0.2, -0.15) is 13.2 Å². The molecule has 0 unspecified atom stereocenters. The molecule has 0 aliphatic heterocycles. The number of nitrogens with one attached hydrogen (secondary N) is 1. The molecule has 2 aromatic rings. The van der Waals surface area contributed by atoms with Crippen molar-refractivity contribution >= 4 is 17.2 Å². The van der Waals surface area contributed by atoms with Gasteiger partial charge in [-0.15, -0.1) is 0 Å². The number of allylic oxidation sites excluding steroid dienone is 5. The fraction of sp³-hybridized carbons (Fsp3) is 0.346. The van der Waals surface area contributed by atoms with Gasteiger partial charge in [0.25, 0.3) is 5.91 Å². The van der Waals surface area contributed by atoms with Crippen LogP contribution < -0.4 is 11.1 Å². The summed E-state index contributed by atoms with van der Waals surface area (Å²) in [6.07, 6.45) is 3.47. The number of amides is 1. The summed E-state index contributed by atoms with van der Waals surface area (Å²) < 4.78 is 52.5. The first-order valence-corrected chi connectivity index (χ1v) is 11.2. The molecule has 0 radical (unpaired) electrons. The molecule has 9 heteroatoms. The third-order valence-corrected chi connectivity index (χ3v) is 5.93. The quantitative estimate of drug-likeness (QED) is 0.371. The summed E-state index contributed by atoms with van der Waals surface area (Å²) in [7, 11) is 0. The van der Waals surface area contributed by atoms with Crippen LogP contribution in [0, 0.1) is 5.92 Å². The Morgan fingerprint density at radius 3 is 2.69 bits per heavy atom. The third-order valence-electron chi connectivity index (χ3n) is 5.93. The van der Waals surface area contributed by atoms with Crippen LogP contribution in [0.4, 0.5) is 23.2 Å². The summed E-state index contributed by atoms with van der Waals surface area (Å²) in [5, 5.41) is 2.74. The second-order valence-corrected chi connectivity index (χ2v) is 8.70. The van der Waals surface area contributed by atoms with Crippen LogP contribution in [-0.2, 0) is 0 Å². The van der Waals surface area contributed by atoms with Crippen molar-refractivity contribution in [1.82, 2.24) is 9.97 Å². The summed E-state index contributed by atoms with van der Waals surface area (Å²) >= 11 is 0. The zero-order valence-electron chi connectivity index (χ0n) is 19.4. The molecule has 2 heterocycles. The molecule has 1 amide bonds. The number of aromatic nitrogens is 2. The minimum atomic E-state index is -4.33. The highest BCUT2D eigenvalue weighted by Crippen LogP contribution is 2.44. The van der Waals surface area contributed by atoms with E-state index in [0.29, 0.717) is 28.9 Å². The van der Waals surface area contributed by atoms with Gasteiger partial charge in [-0.05, 0) is 61.4 Å². The summed E-state index contributed by atoms with van der Waals surface area (Å²) in [5.74, 6) is -2.48. The zero-order valence-corrected chi connectivity index (χ0v) is 19.4. The maximum Gasteiger partial charge on any atom is 0.391 e. The van der Waals surface area contributed by atoms with Gasteiger partial charge in [-0.3, -0.25) is 9.78 Å². The van der Waals surface area contributed by atoms with Crippen LogP contribution in [-0.4, -0.2) is 34.8 Å². The van der Waals surface area contributed by atoms with E-state index in [0.717, 1.165) is 5.57 Å². The smallest absolute Gasteiger partial charge is 0.328 e. The predicted molar refractivity (Wildman–Crippen MR) is 128 cm³/mol. The molecule has 1 aliphatic rings. The van der Waals surface area contributed by atoms with Crippen LogP contribution in [0.25, 0.3) is 5.57 Å². The highest BCUT2D eigenvalue weighted by atomic mass is 19.4. The molecule has 0 aromatic carbocycles. The van der Waals surface area contributed by atoms with Crippen molar-refractivity contribution in [3.05, 3.63) is 84.0 Å². The molecule has 1 aliphatic carbocycles.